The van der Waals surface area contributed by atoms with Gasteiger partial charge in [-0.2, -0.15) is 0 Å². The first-order chi connectivity index (χ1) is 9.28. The van der Waals surface area contributed by atoms with E-state index in [-0.39, 0.29) is 0 Å². The molecule has 0 aromatic carbocycles. The first-order valence-electron chi connectivity index (χ1n) is 7.35. The van der Waals surface area contributed by atoms with Crippen LogP contribution in [0.3, 0.4) is 0 Å². The van der Waals surface area contributed by atoms with Gasteiger partial charge in [-0.05, 0) is 40.9 Å². The average molecular weight is 324 g/mol. The van der Waals surface area contributed by atoms with E-state index in [0.29, 0.717) is 5.54 Å². The molecule has 2 aliphatic rings. The maximum atomic E-state index is 4.54. The Labute approximate surface area is 123 Å². The molecule has 0 amide bonds. The lowest BCUT2D eigenvalue weighted by molar-refractivity contribution is 0.0199. The van der Waals surface area contributed by atoms with Gasteiger partial charge in [-0.1, -0.05) is 19.3 Å². The van der Waals surface area contributed by atoms with Crippen LogP contribution in [0.2, 0.25) is 0 Å². The van der Waals surface area contributed by atoms with Gasteiger partial charge in [0.2, 0.25) is 0 Å². The molecule has 2 fully saturated rings. The molecule has 0 unspecified atom stereocenters. The molecule has 0 bridgehead atoms. The van der Waals surface area contributed by atoms with Crippen molar-refractivity contribution in [2.75, 3.05) is 19.6 Å². The maximum Gasteiger partial charge on any atom is 0.0545 e. The molecule has 19 heavy (non-hydrogen) atoms. The molecule has 1 aliphatic carbocycles. The fourth-order valence-electron chi connectivity index (χ4n) is 3.53. The summed E-state index contributed by atoms with van der Waals surface area (Å²) in [6, 6.07) is 4.24. The fourth-order valence-corrected chi connectivity index (χ4v) is 3.76. The molecule has 1 saturated carbocycles. The summed E-state index contributed by atoms with van der Waals surface area (Å²) in [7, 11) is 0. The van der Waals surface area contributed by atoms with Gasteiger partial charge in [-0.3, -0.25) is 9.88 Å². The minimum absolute atomic E-state index is 0.394. The average Bonchev–Trinajstić information content (AvgIpc) is 2.45. The highest BCUT2D eigenvalue weighted by molar-refractivity contribution is 9.10. The Morgan fingerprint density at radius 3 is 2.84 bits per heavy atom. The molecule has 1 aromatic heterocycles. The van der Waals surface area contributed by atoms with Crippen LogP contribution >= 0.6 is 15.9 Å². The van der Waals surface area contributed by atoms with E-state index in [9.17, 15) is 0 Å². The van der Waals surface area contributed by atoms with Crippen molar-refractivity contribution < 1.29 is 0 Å². The normalized spacial score (nSPS) is 23.6. The van der Waals surface area contributed by atoms with Crippen LogP contribution in [0, 0.1) is 0 Å². The molecule has 3 nitrogen and oxygen atoms in total. The van der Waals surface area contributed by atoms with Crippen molar-refractivity contribution in [3.8, 4) is 0 Å². The van der Waals surface area contributed by atoms with Crippen LogP contribution in [0.1, 0.15) is 37.8 Å². The van der Waals surface area contributed by atoms with Gasteiger partial charge < -0.3 is 5.32 Å². The van der Waals surface area contributed by atoms with Gasteiger partial charge in [0.05, 0.1) is 5.69 Å². The van der Waals surface area contributed by atoms with Crippen molar-refractivity contribution >= 4 is 15.9 Å². The molecule has 1 aliphatic heterocycles. The van der Waals surface area contributed by atoms with Gasteiger partial charge in [0.25, 0.3) is 0 Å². The number of piperazine rings is 1. The van der Waals surface area contributed by atoms with Crippen molar-refractivity contribution in [2.45, 2.75) is 44.2 Å². The monoisotopic (exact) mass is 323 g/mol. The molecule has 0 radical (unpaired) electrons. The Bertz CT molecular complexity index is 404. The van der Waals surface area contributed by atoms with E-state index in [4.69, 9.17) is 0 Å². The molecule has 2 heterocycles. The van der Waals surface area contributed by atoms with Crippen molar-refractivity contribution in [1.29, 1.82) is 0 Å². The molecule has 0 atom stereocenters. The molecule has 104 valence electrons. The number of nitrogens with one attached hydrogen (secondary N) is 1. The fraction of sp³-hybridized carbons (Fsp3) is 0.667. The number of nitrogens with zero attached hydrogens (tertiary/aromatic N) is 2. The summed E-state index contributed by atoms with van der Waals surface area (Å²) < 4.78 is 1.06. The summed E-state index contributed by atoms with van der Waals surface area (Å²) in [5.74, 6) is 0. The highest BCUT2D eigenvalue weighted by atomic mass is 79.9. The number of rotatable bonds is 2. The highest BCUT2D eigenvalue weighted by Gasteiger charge is 2.39. The zero-order chi connectivity index (χ0) is 13.1. The first kappa shape index (κ1) is 13.5. The lowest BCUT2D eigenvalue weighted by Crippen LogP contribution is -2.61. The second kappa shape index (κ2) is 5.90. The predicted octanol–water partition coefficient (Wildman–Crippen LogP) is 2.95. The predicted molar refractivity (Wildman–Crippen MR) is 81.0 cm³/mol. The third-order valence-electron chi connectivity index (χ3n) is 4.61. The summed E-state index contributed by atoms with van der Waals surface area (Å²) in [5, 5.41) is 3.60. The van der Waals surface area contributed by atoms with Crippen molar-refractivity contribution in [3.05, 3.63) is 28.5 Å². The summed E-state index contributed by atoms with van der Waals surface area (Å²) in [4.78, 5) is 7.22. The van der Waals surface area contributed by atoms with Gasteiger partial charge in [0.15, 0.2) is 0 Å². The third-order valence-corrected chi connectivity index (χ3v) is 5.08. The van der Waals surface area contributed by atoms with Crippen LogP contribution in [0.15, 0.2) is 22.8 Å². The summed E-state index contributed by atoms with van der Waals surface area (Å²) in [5.41, 5.74) is 1.58. The Hall–Kier alpha value is -0.450. The van der Waals surface area contributed by atoms with Crippen LogP contribution in [0.25, 0.3) is 0 Å². The molecule has 1 N–H and O–H groups in total. The number of pyridine rings is 1. The SMILES string of the molecule is Brc1ccc(CN2CCNCC23CCCCC3)nc1. The van der Waals surface area contributed by atoms with E-state index in [1.54, 1.807) is 0 Å². The smallest absolute Gasteiger partial charge is 0.0545 e. The number of aromatic nitrogens is 1. The number of hydrogen-bond donors (Lipinski definition) is 1. The van der Waals surface area contributed by atoms with Crippen molar-refractivity contribution in [3.63, 3.8) is 0 Å². The standard InChI is InChI=1S/C15H22BrN3/c16-13-4-5-14(18-10-13)11-19-9-8-17-12-15(19)6-2-1-3-7-15/h4-5,10,17H,1-3,6-9,11-12H2. The minimum Gasteiger partial charge on any atom is -0.314 e. The highest BCUT2D eigenvalue weighted by Crippen LogP contribution is 2.35. The second-order valence-corrected chi connectivity index (χ2v) is 6.77. The quantitative estimate of drug-likeness (QED) is 0.907. The topological polar surface area (TPSA) is 28.2 Å². The Morgan fingerprint density at radius 2 is 2.11 bits per heavy atom. The Morgan fingerprint density at radius 1 is 1.26 bits per heavy atom. The molecular weight excluding hydrogens is 302 g/mol. The number of halogens is 1. The lowest BCUT2D eigenvalue weighted by Gasteiger charge is -2.49. The van der Waals surface area contributed by atoms with E-state index >= 15 is 0 Å². The Kier molecular flexibility index (Phi) is 4.20. The van der Waals surface area contributed by atoms with Gasteiger partial charge in [-0.25, -0.2) is 0 Å². The molecule has 4 heteroatoms. The van der Waals surface area contributed by atoms with E-state index < -0.39 is 0 Å². The van der Waals surface area contributed by atoms with Gasteiger partial charge in [0.1, 0.15) is 0 Å². The second-order valence-electron chi connectivity index (χ2n) is 5.85. The first-order valence-corrected chi connectivity index (χ1v) is 8.14. The number of hydrogen-bond acceptors (Lipinski definition) is 3. The molecule has 1 spiro atoms. The minimum atomic E-state index is 0.394. The summed E-state index contributed by atoms with van der Waals surface area (Å²) in [6.45, 7) is 4.41. The van der Waals surface area contributed by atoms with E-state index in [1.807, 2.05) is 6.20 Å². The van der Waals surface area contributed by atoms with Gasteiger partial charge in [-0.15, -0.1) is 0 Å². The van der Waals surface area contributed by atoms with Gasteiger partial charge in [0, 0.05) is 42.4 Å². The third kappa shape index (κ3) is 3.01. The van der Waals surface area contributed by atoms with Gasteiger partial charge >= 0.3 is 0 Å². The molecule has 1 aromatic rings. The zero-order valence-electron chi connectivity index (χ0n) is 11.4. The summed E-state index contributed by atoms with van der Waals surface area (Å²) >= 11 is 3.45. The summed E-state index contributed by atoms with van der Waals surface area (Å²) in [6.07, 6.45) is 8.77. The van der Waals surface area contributed by atoms with Crippen LogP contribution in [-0.2, 0) is 6.54 Å². The van der Waals surface area contributed by atoms with Crippen LogP contribution < -0.4 is 5.32 Å². The van der Waals surface area contributed by atoms with Crippen molar-refractivity contribution in [2.24, 2.45) is 0 Å². The van der Waals surface area contributed by atoms with Crippen molar-refractivity contribution in [1.82, 2.24) is 15.2 Å². The molecule has 1 saturated heterocycles. The zero-order valence-corrected chi connectivity index (χ0v) is 13.0. The Balaban J connectivity index is 1.75. The van der Waals surface area contributed by atoms with E-state index in [0.717, 1.165) is 30.7 Å². The largest absolute Gasteiger partial charge is 0.314 e. The lowest BCUT2D eigenvalue weighted by atomic mass is 9.79. The van der Waals surface area contributed by atoms with Crippen LogP contribution in [0.4, 0.5) is 0 Å². The molecule has 3 rings (SSSR count). The maximum absolute atomic E-state index is 4.54. The van der Waals surface area contributed by atoms with Crippen LogP contribution in [-0.4, -0.2) is 35.1 Å². The molecular formula is C15H22BrN3. The van der Waals surface area contributed by atoms with E-state index in [1.165, 1.54) is 37.8 Å². The van der Waals surface area contributed by atoms with Crippen LogP contribution in [0.5, 0.6) is 0 Å². The van der Waals surface area contributed by atoms with E-state index in [2.05, 4.69) is 43.3 Å².